The maximum Gasteiger partial charge on any atom is 0.145 e. The number of aliphatic hydroxyl groups is 1. The zero-order valence-corrected chi connectivity index (χ0v) is 10.8. The van der Waals surface area contributed by atoms with Crippen molar-refractivity contribution in [2.24, 2.45) is 11.3 Å². The molecular weight excluding hydrogens is 212 g/mol. The zero-order chi connectivity index (χ0) is 12.7. The summed E-state index contributed by atoms with van der Waals surface area (Å²) in [4.78, 5) is 10.9. The van der Waals surface area contributed by atoms with E-state index in [4.69, 9.17) is 0 Å². The van der Waals surface area contributed by atoms with Crippen molar-refractivity contribution in [2.45, 2.75) is 51.6 Å². The number of hydrogen-bond donors (Lipinski definition) is 1. The van der Waals surface area contributed by atoms with Gasteiger partial charge in [-0.15, -0.1) is 0 Å². The molecular formula is C15H22O2. The number of allylic oxidation sites excluding steroid dienone is 2. The summed E-state index contributed by atoms with van der Waals surface area (Å²) in [5, 5.41) is 10.8. The van der Waals surface area contributed by atoms with Crippen molar-refractivity contribution in [3.8, 4) is 0 Å². The van der Waals surface area contributed by atoms with Gasteiger partial charge in [0.15, 0.2) is 0 Å². The molecule has 0 aliphatic heterocycles. The van der Waals surface area contributed by atoms with Gasteiger partial charge in [0.2, 0.25) is 0 Å². The smallest absolute Gasteiger partial charge is 0.145 e. The summed E-state index contributed by atoms with van der Waals surface area (Å²) in [5.74, 6) is 0.237. The van der Waals surface area contributed by atoms with Crippen LogP contribution in [0.4, 0.5) is 0 Å². The second-order valence-electron chi connectivity index (χ2n) is 6.05. The topological polar surface area (TPSA) is 37.3 Å². The molecule has 17 heavy (non-hydrogen) atoms. The van der Waals surface area contributed by atoms with Gasteiger partial charge in [0.1, 0.15) is 6.29 Å². The van der Waals surface area contributed by atoms with Crippen LogP contribution in [0.25, 0.3) is 0 Å². The fourth-order valence-electron chi connectivity index (χ4n) is 3.63. The molecule has 0 aromatic carbocycles. The Bertz CT molecular complexity index is 382. The van der Waals surface area contributed by atoms with Crippen LogP contribution in [0, 0.1) is 11.3 Å². The lowest BCUT2D eigenvalue weighted by atomic mass is 9.70. The molecule has 0 aromatic heterocycles. The minimum absolute atomic E-state index is 0.123. The molecule has 2 heteroatoms. The molecule has 0 radical (unpaired) electrons. The first-order valence-corrected chi connectivity index (χ1v) is 6.45. The fourth-order valence-corrected chi connectivity index (χ4v) is 3.63. The van der Waals surface area contributed by atoms with E-state index in [1.807, 2.05) is 6.92 Å². The van der Waals surface area contributed by atoms with E-state index >= 15 is 0 Å². The number of rotatable bonds is 2. The van der Waals surface area contributed by atoms with E-state index in [1.165, 1.54) is 0 Å². The minimum atomic E-state index is -0.721. The molecule has 0 spiro atoms. The molecule has 0 amide bonds. The van der Waals surface area contributed by atoms with Crippen LogP contribution in [-0.2, 0) is 4.79 Å². The Morgan fingerprint density at radius 2 is 2.29 bits per heavy atom. The summed E-state index contributed by atoms with van der Waals surface area (Å²) in [7, 11) is 0. The van der Waals surface area contributed by atoms with E-state index in [0.29, 0.717) is 0 Å². The SMILES string of the molecule is C=C(C)[C@]1(O)CC[C@]2(C)CC=C(C=O)CC[C@H]21. The van der Waals surface area contributed by atoms with Crippen molar-refractivity contribution in [3.63, 3.8) is 0 Å². The summed E-state index contributed by atoms with van der Waals surface area (Å²) in [6.45, 7) is 8.12. The maximum absolute atomic E-state index is 10.9. The summed E-state index contributed by atoms with van der Waals surface area (Å²) < 4.78 is 0. The Balaban J connectivity index is 2.31. The zero-order valence-electron chi connectivity index (χ0n) is 10.8. The fraction of sp³-hybridized carbons (Fsp3) is 0.667. The van der Waals surface area contributed by atoms with Crippen LogP contribution >= 0.6 is 0 Å². The van der Waals surface area contributed by atoms with Gasteiger partial charge >= 0.3 is 0 Å². The molecule has 1 saturated carbocycles. The van der Waals surface area contributed by atoms with E-state index in [1.54, 1.807) is 0 Å². The average Bonchev–Trinajstić information content (AvgIpc) is 2.46. The van der Waals surface area contributed by atoms with Crippen LogP contribution in [0.2, 0.25) is 0 Å². The van der Waals surface area contributed by atoms with Crippen LogP contribution in [0.15, 0.2) is 23.8 Å². The quantitative estimate of drug-likeness (QED) is 0.589. The van der Waals surface area contributed by atoms with Crippen molar-refractivity contribution in [1.82, 2.24) is 0 Å². The van der Waals surface area contributed by atoms with Gasteiger partial charge in [0.25, 0.3) is 0 Å². The Morgan fingerprint density at radius 3 is 2.88 bits per heavy atom. The van der Waals surface area contributed by atoms with Gasteiger partial charge in [-0.1, -0.05) is 19.6 Å². The van der Waals surface area contributed by atoms with Crippen molar-refractivity contribution in [1.29, 1.82) is 0 Å². The van der Waals surface area contributed by atoms with Gasteiger partial charge in [-0.3, -0.25) is 4.79 Å². The van der Waals surface area contributed by atoms with Crippen molar-refractivity contribution in [2.75, 3.05) is 0 Å². The number of aldehydes is 1. The molecule has 2 rings (SSSR count). The molecule has 2 aliphatic rings. The Hall–Kier alpha value is -0.890. The molecule has 2 aliphatic carbocycles. The number of hydrogen-bond acceptors (Lipinski definition) is 2. The lowest BCUT2D eigenvalue weighted by molar-refractivity contribution is -0.105. The largest absolute Gasteiger partial charge is 0.385 e. The van der Waals surface area contributed by atoms with Gasteiger partial charge in [0.05, 0.1) is 5.60 Å². The third kappa shape index (κ3) is 1.89. The standard InChI is InChI=1S/C15H22O2/c1-11(2)15(17)9-8-14(3)7-6-12(10-16)4-5-13(14)15/h6,10,13,17H,1,4-5,7-9H2,2-3H3/t13-,14+,15-/m1/s1. The van der Waals surface area contributed by atoms with Crippen LogP contribution in [0.5, 0.6) is 0 Å². The highest BCUT2D eigenvalue weighted by molar-refractivity contribution is 5.73. The highest BCUT2D eigenvalue weighted by Crippen LogP contribution is 2.56. The summed E-state index contributed by atoms with van der Waals surface area (Å²) in [6.07, 6.45) is 7.45. The van der Waals surface area contributed by atoms with Gasteiger partial charge in [-0.25, -0.2) is 0 Å². The minimum Gasteiger partial charge on any atom is -0.385 e. The van der Waals surface area contributed by atoms with Gasteiger partial charge < -0.3 is 5.11 Å². The number of carbonyl (C=O) groups excluding carboxylic acids is 1. The maximum atomic E-state index is 10.9. The average molecular weight is 234 g/mol. The first-order chi connectivity index (χ1) is 7.92. The molecule has 0 heterocycles. The molecule has 94 valence electrons. The Kier molecular flexibility index (Phi) is 3.03. The first-order valence-electron chi connectivity index (χ1n) is 6.45. The van der Waals surface area contributed by atoms with Crippen LogP contribution in [0.3, 0.4) is 0 Å². The van der Waals surface area contributed by atoms with Crippen LogP contribution in [-0.4, -0.2) is 17.0 Å². The molecule has 1 N–H and O–H groups in total. The highest BCUT2D eigenvalue weighted by atomic mass is 16.3. The second-order valence-corrected chi connectivity index (χ2v) is 6.05. The van der Waals surface area contributed by atoms with Crippen LogP contribution in [0.1, 0.15) is 46.0 Å². The Morgan fingerprint density at radius 1 is 1.59 bits per heavy atom. The molecule has 0 saturated heterocycles. The molecule has 0 unspecified atom stereocenters. The predicted octanol–water partition coefficient (Wildman–Crippen LogP) is 3.02. The first kappa shape index (κ1) is 12.6. The van der Waals surface area contributed by atoms with Gasteiger partial charge in [-0.05, 0) is 61.5 Å². The van der Waals surface area contributed by atoms with Crippen LogP contribution < -0.4 is 0 Å². The Labute approximate surface area is 103 Å². The summed E-state index contributed by atoms with van der Waals surface area (Å²) in [6, 6.07) is 0. The molecule has 2 nitrogen and oxygen atoms in total. The van der Waals surface area contributed by atoms with Crippen molar-refractivity contribution < 1.29 is 9.90 Å². The van der Waals surface area contributed by atoms with E-state index in [-0.39, 0.29) is 11.3 Å². The predicted molar refractivity (Wildman–Crippen MR) is 68.6 cm³/mol. The third-order valence-electron chi connectivity index (χ3n) is 4.94. The lowest BCUT2D eigenvalue weighted by Gasteiger charge is -2.38. The summed E-state index contributed by atoms with van der Waals surface area (Å²) >= 11 is 0. The molecule has 3 atom stereocenters. The lowest BCUT2D eigenvalue weighted by Crippen LogP contribution is -2.39. The molecule has 0 aromatic rings. The van der Waals surface area contributed by atoms with E-state index in [9.17, 15) is 9.90 Å². The second kappa shape index (κ2) is 4.09. The number of fused-ring (bicyclic) bond motifs is 1. The number of carbonyl (C=O) groups is 1. The van der Waals surface area contributed by atoms with Gasteiger partial charge in [-0.2, -0.15) is 0 Å². The van der Waals surface area contributed by atoms with E-state index < -0.39 is 5.60 Å². The molecule has 0 bridgehead atoms. The monoisotopic (exact) mass is 234 g/mol. The third-order valence-corrected chi connectivity index (χ3v) is 4.94. The van der Waals surface area contributed by atoms with Crippen molar-refractivity contribution >= 4 is 6.29 Å². The van der Waals surface area contributed by atoms with E-state index in [2.05, 4.69) is 19.6 Å². The van der Waals surface area contributed by atoms with Gasteiger partial charge in [0, 0.05) is 0 Å². The highest BCUT2D eigenvalue weighted by Gasteiger charge is 2.53. The van der Waals surface area contributed by atoms with E-state index in [0.717, 1.165) is 49.5 Å². The van der Waals surface area contributed by atoms with Crippen molar-refractivity contribution in [3.05, 3.63) is 23.8 Å². The molecule has 1 fully saturated rings. The normalized spacial score (nSPS) is 41.4. The summed E-state index contributed by atoms with van der Waals surface area (Å²) in [5.41, 5.74) is 1.17.